The summed E-state index contributed by atoms with van der Waals surface area (Å²) in [6.45, 7) is 2.67. The van der Waals surface area contributed by atoms with E-state index >= 15 is 0 Å². The molecule has 1 aromatic heterocycles. The van der Waals surface area contributed by atoms with Crippen molar-refractivity contribution < 1.29 is 50.9 Å². The van der Waals surface area contributed by atoms with Crippen LogP contribution in [0, 0.1) is 0 Å². The van der Waals surface area contributed by atoms with Crippen LogP contribution in [0.2, 0.25) is 0 Å². The number of hydrogen-bond donors (Lipinski definition) is 4. The minimum atomic E-state index is -5.08. The molecule has 0 unspecified atom stereocenters. The number of nitrogens with one attached hydrogen (secondary N) is 2. The first-order valence-corrected chi connectivity index (χ1v) is 8.55. The van der Waals surface area contributed by atoms with Crippen LogP contribution in [-0.2, 0) is 16.1 Å². The van der Waals surface area contributed by atoms with Crippen molar-refractivity contribution in [3.05, 3.63) is 24.0 Å². The summed E-state index contributed by atoms with van der Waals surface area (Å²) in [6, 6.07) is 2.23. The molecule has 15 heteroatoms. The molecule has 2 aliphatic heterocycles. The molecule has 0 aromatic carbocycles. The number of pyridine rings is 1. The summed E-state index contributed by atoms with van der Waals surface area (Å²) < 4.78 is 63.5. The fourth-order valence-electron chi connectivity index (χ4n) is 2.53. The van der Waals surface area contributed by atoms with E-state index in [0.29, 0.717) is 12.6 Å². The molecule has 9 nitrogen and oxygen atoms in total. The Kier molecular flexibility index (Phi) is 9.02. The quantitative estimate of drug-likeness (QED) is 0.474. The number of carboxylic acids is 2. The van der Waals surface area contributed by atoms with Gasteiger partial charge >= 0.3 is 30.3 Å². The van der Waals surface area contributed by atoms with Gasteiger partial charge in [0.05, 0.1) is 12.2 Å². The zero-order chi connectivity index (χ0) is 23.8. The van der Waals surface area contributed by atoms with Crippen molar-refractivity contribution in [3.63, 3.8) is 0 Å². The van der Waals surface area contributed by atoms with Gasteiger partial charge in [-0.15, -0.1) is 0 Å². The summed E-state index contributed by atoms with van der Waals surface area (Å²) in [5.74, 6) is -5.51. The number of carbonyl (C=O) groups excluding carboxylic acids is 1. The summed E-state index contributed by atoms with van der Waals surface area (Å²) >= 11 is 0. The number of carboxylic acid groups (broad SMARTS) is 2. The van der Waals surface area contributed by atoms with Gasteiger partial charge in [0.2, 0.25) is 0 Å². The zero-order valence-electron chi connectivity index (χ0n) is 15.6. The molecule has 0 bridgehead atoms. The van der Waals surface area contributed by atoms with E-state index in [9.17, 15) is 31.1 Å². The average molecular weight is 460 g/mol. The van der Waals surface area contributed by atoms with Gasteiger partial charge in [-0.2, -0.15) is 26.3 Å². The van der Waals surface area contributed by atoms with Crippen LogP contribution in [0.25, 0.3) is 0 Å². The molecule has 0 saturated carbocycles. The van der Waals surface area contributed by atoms with Gasteiger partial charge in [-0.1, -0.05) is 0 Å². The maximum absolute atomic E-state index is 12.0. The molecule has 174 valence electrons. The maximum Gasteiger partial charge on any atom is 0.490 e. The highest BCUT2D eigenvalue weighted by Gasteiger charge is 2.38. The highest BCUT2D eigenvalue weighted by molar-refractivity contribution is 5.92. The number of anilines is 1. The molecule has 0 aliphatic carbocycles. The van der Waals surface area contributed by atoms with E-state index < -0.39 is 24.3 Å². The number of aliphatic carboxylic acids is 2. The summed E-state index contributed by atoms with van der Waals surface area (Å²) in [5.41, 5.74) is 2.00. The Hall–Kier alpha value is -3.10. The molecule has 0 radical (unpaired) electrons. The number of fused-ring (bicyclic) bond motifs is 1. The Bertz CT molecular complexity index is 756. The zero-order valence-corrected chi connectivity index (χ0v) is 15.6. The SMILES string of the molecule is O=C(O)C(F)(F)F.O=C(O)C(F)(F)F.O=C1Nc2ccncc2CN1C1CCNCC1. The predicted molar refractivity (Wildman–Crippen MR) is 92.1 cm³/mol. The van der Waals surface area contributed by atoms with Gasteiger partial charge in [-0.25, -0.2) is 14.4 Å². The molecule has 31 heavy (non-hydrogen) atoms. The number of alkyl halides is 6. The lowest BCUT2D eigenvalue weighted by Gasteiger charge is -2.37. The predicted octanol–water partition coefficient (Wildman–Crippen LogP) is 2.45. The number of nitrogens with zero attached hydrogens (tertiary/aromatic N) is 2. The van der Waals surface area contributed by atoms with E-state index in [0.717, 1.165) is 37.2 Å². The Labute approximate surface area is 171 Å². The normalized spacial score (nSPS) is 16.6. The van der Waals surface area contributed by atoms with E-state index in [1.165, 1.54) is 0 Å². The molecule has 1 aromatic rings. The van der Waals surface area contributed by atoms with Crippen LogP contribution in [0.3, 0.4) is 0 Å². The highest BCUT2D eigenvalue weighted by atomic mass is 19.4. The molecular weight excluding hydrogens is 442 g/mol. The molecular formula is C16H18F6N4O5. The number of piperidine rings is 1. The van der Waals surface area contributed by atoms with Gasteiger partial charge in [0.1, 0.15) is 0 Å². The first-order chi connectivity index (χ1) is 14.2. The molecule has 0 spiro atoms. The van der Waals surface area contributed by atoms with Crippen molar-refractivity contribution in [1.29, 1.82) is 0 Å². The summed E-state index contributed by atoms with van der Waals surface area (Å²) in [7, 11) is 0. The van der Waals surface area contributed by atoms with Crippen molar-refractivity contribution >= 4 is 23.7 Å². The lowest BCUT2D eigenvalue weighted by Crippen LogP contribution is -2.49. The third kappa shape index (κ3) is 8.65. The maximum atomic E-state index is 12.0. The van der Waals surface area contributed by atoms with Crippen LogP contribution in [0.5, 0.6) is 0 Å². The summed E-state index contributed by atoms with van der Waals surface area (Å²) in [4.78, 5) is 35.9. The monoisotopic (exact) mass is 460 g/mol. The molecule has 2 aliphatic rings. The Morgan fingerprint density at radius 3 is 1.97 bits per heavy atom. The second kappa shape index (κ2) is 10.8. The second-order valence-electron chi connectivity index (χ2n) is 6.18. The minimum Gasteiger partial charge on any atom is -0.475 e. The Balaban J connectivity index is 0.000000288. The number of urea groups is 1. The largest absolute Gasteiger partial charge is 0.490 e. The van der Waals surface area contributed by atoms with Crippen LogP contribution in [0.4, 0.5) is 36.8 Å². The number of rotatable bonds is 1. The standard InChI is InChI=1S/C12H16N4O.2C2HF3O2/c17-12-15-11-3-6-14-7-9(11)8-16(12)10-1-4-13-5-2-10;2*3-2(4,5)1(6)7/h3,6-7,10,13H,1-2,4-5,8H2,(H,15,17);2*(H,6,7). The van der Waals surface area contributed by atoms with Gasteiger partial charge < -0.3 is 25.7 Å². The van der Waals surface area contributed by atoms with Crippen molar-refractivity contribution in [1.82, 2.24) is 15.2 Å². The van der Waals surface area contributed by atoms with Gasteiger partial charge in [0.25, 0.3) is 0 Å². The first-order valence-electron chi connectivity index (χ1n) is 8.55. The fourth-order valence-corrected chi connectivity index (χ4v) is 2.53. The average Bonchev–Trinajstić information content (AvgIpc) is 2.67. The van der Waals surface area contributed by atoms with Crippen molar-refractivity contribution in [2.75, 3.05) is 18.4 Å². The number of hydrogen-bond acceptors (Lipinski definition) is 5. The lowest BCUT2D eigenvalue weighted by atomic mass is 10.0. The van der Waals surface area contributed by atoms with Crippen LogP contribution in [0.1, 0.15) is 18.4 Å². The minimum absolute atomic E-state index is 0.0237. The molecule has 4 N–H and O–H groups in total. The third-order valence-electron chi connectivity index (χ3n) is 3.98. The molecule has 1 fully saturated rings. The highest BCUT2D eigenvalue weighted by Crippen LogP contribution is 2.25. The van der Waals surface area contributed by atoms with E-state index in [1.807, 2.05) is 17.2 Å². The number of halogens is 6. The van der Waals surface area contributed by atoms with Crippen LogP contribution >= 0.6 is 0 Å². The topological polar surface area (TPSA) is 132 Å². The summed E-state index contributed by atoms with van der Waals surface area (Å²) in [5, 5.41) is 20.5. The Morgan fingerprint density at radius 2 is 1.52 bits per heavy atom. The molecule has 1 saturated heterocycles. The van der Waals surface area contributed by atoms with Crippen molar-refractivity contribution in [3.8, 4) is 0 Å². The smallest absolute Gasteiger partial charge is 0.475 e. The molecule has 0 atom stereocenters. The van der Waals surface area contributed by atoms with Crippen LogP contribution < -0.4 is 10.6 Å². The molecule has 3 rings (SSSR count). The van der Waals surface area contributed by atoms with Crippen LogP contribution in [0.15, 0.2) is 18.5 Å². The summed E-state index contributed by atoms with van der Waals surface area (Å²) in [6.07, 6.45) is -4.56. The van der Waals surface area contributed by atoms with E-state index in [-0.39, 0.29) is 6.03 Å². The number of amides is 2. The fraction of sp³-hybridized carbons (Fsp3) is 0.500. The van der Waals surface area contributed by atoms with Gasteiger partial charge in [-0.05, 0) is 32.0 Å². The number of carbonyl (C=O) groups is 3. The second-order valence-corrected chi connectivity index (χ2v) is 6.18. The third-order valence-corrected chi connectivity index (χ3v) is 3.98. The van der Waals surface area contributed by atoms with Gasteiger partial charge in [-0.3, -0.25) is 4.98 Å². The van der Waals surface area contributed by atoms with E-state index in [2.05, 4.69) is 15.6 Å². The van der Waals surface area contributed by atoms with E-state index in [1.54, 1.807) is 6.20 Å². The Morgan fingerprint density at radius 1 is 1.03 bits per heavy atom. The first kappa shape index (κ1) is 25.9. The van der Waals surface area contributed by atoms with E-state index in [4.69, 9.17) is 19.8 Å². The molecule has 3 heterocycles. The van der Waals surface area contributed by atoms with Gasteiger partial charge in [0, 0.05) is 24.0 Å². The van der Waals surface area contributed by atoms with Crippen LogP contribution in [-0.4, -0.2) is 69.6 Å². The molecule has 2 amide bonds. The number of aromatic nitrogens is 1. The van der Waals surface area contributed by atoms with Gasteiger partial charge in [0.15, 0.2) is 0 Å². The lowest BCUT2D eigenvalue weighted by molar-refractivity contribution is -0.193. The van der Waals surface area contributed by atoms with Crippen molar-refractivity contribution in [2.24, 2.45) is 0 Å². The van der Waals surface area contributed by atoms with Crippen molar-refractivity contribution in [2.45, 2.75) is 37.8 Å².